The highest BCUT2D eigenvalue weighted by Gasteiger charge is 2.23. The number of carbonyl (C=O) groups is 1. The number of fused-ring (bicyclic) bond motifs is 1. The maximum atomic E-state index is 11.9. The molecule has 0 saturated carbocycles. The minimum atomic E-state index is 0.0804. The minimum Gasteiger partial charge on any atom is -0.486 e. The van der Waals surface area contributed by atoms with Gasteiger partial charge in [0.25, 0.3) is 0 Å². The van der Waals surface area contributed by atoms with Crippen LogP contribution in [0.3, 0.4) is 0 Å². The van der Waals surface area contributed by atoms with Crippen molar-refractivity contribution in [1.82, 2.24) is 9.80 Å². The van der Waals surface area contributed by atoms with E-state index in [1.807, 2.05) is 17.0 Å². The number of hydrogen-bond acceptors (Lipinski definition) is 4. The van der Waals surface area contributed by atoms with Crippen molar-refractivity contribution < 1.29 is 14.3 Å². The molecule has 2 aliphatic rings. The quantitative estimate of drug-likeness (QED) is 0.781. The molecule has 0 spiro atoms. The van der Waals surface area contributed by atoms with Crippen molar-refractivity contribution in [1.29, 1.82) is 0 Å². The summed E-state index contributed by atoms with van der Waals surface area (Å²) in [4.78, 5) is 17.7. The number of anilines is 1. The standard InChI is InChI=1S/C15H21N3O3/c1-16(2)15(19)18-7-5-17(6-8-18)12-3-4-13-14(11-12)21-10-9-20-13/h3-4,11H,5-10H2,1-2H3. The first-order valence-electron chi connectivity index (χ1n) is 7.26. The Hall–Kier alpha value is -2.11. The first kappa shape index (κ1) is 13.9. The van der Waals surface area contributed by atoms with Crippen molar-refractivity contribution >= 4 is 11.7 Å². The highest BCUT2D eigenvalue weighted by Crippen LogP contribution is 2.34. The molecule has 0 radical (unpaired) electrons. The minimum absolute atomic E-state index is 0.0804. The summed E-state index contributed by atoms with van der Waals surface area (Å²) in [6.07, 6.45) is 0. The molecule has 6 nitrogen and oxygen atoms in total. The lowest BCUT2D eigenvalue weighted by atomic mass is 10.2. The summed E-state index contributed by atoms with van der Waals surface area (Å²) in [6, 6.07) is 6.12. The van der Waals surface area contributed by atoms with Gasteiger partial charge in [0.1, 0.15) is 13.2 Å². The van der Waals surface area contributed by atoms with E-state index in [1.165, 1.54) is 0 Å². The molecule has 6 heteroatoms. The van der Waals surface area contributed by atoms with E-state index in [1.54, 1.807) is 19.0 Å². The van der Waals surface area contributed by atoms with Crippen LogP contribution in [0.15, 0.2) is 18.2 Å². The Bertz CT molecular complexity index is 525. The van der Waals surface area contributed by atoms with Crippen LogP contribution in [0, 0.1) is 0 Å². The number of hydrogen-bond donors (Lipinski definition) is 0. The maximum absolute atomic E-state index is 11.9. The lowest BCUT2D eigenvalue weighted by molar-refractivity contribution is 0.167. The molecule has 0 atom stereocenters. The van der Waals surface area contributed by atoms with Crippen LogP contribution in [0.2, 0.25) is 0 Å². The van der Waals surface area contributed by atoms with E-state index < -0.39 is 0 Å². The zero-order chi connectivity index (χ0) is 14.8. The third-order valence-corrected chi connectivity index (χ3v) is 3.82. The van der Waals surface area contributed by atoms with Gasteiger partial charge >= 0.3 is 6.03 Å². The number of amides is 2. The normalized spacial score (nSPS) is 17.6. The van der Waals surface area contributed by atoms with Crippen molar-refractivity contribution in [3.8, 4) is 11.5 Å². The molecule has 21 heavy (non-hydrogen) atoms. The van der Waals surface area contributed by atoms with E-state index in [0.717, 1.165) is 43.4 Å². The molecular formula is C15H21N3O3. The van der Waals surface area contributed by atoms with Gasteiger partial charge in [-0.15, -0.1) is 0 Å². The molecule has 2 aliphatic heterocycles. The fraction of sp³-hybridized carbons (Fsp3) is 0.533. The van der Waals surface area contributed by atoms with Gasteiger partial charge in [-0.3, -0.25) is 0 Å². The second-order valence-corrected chi connectivity index (χ2v) is 5.48. The van der Waals surface area contributed by atoms with Gasteiger partial charge in [0.05, 0.1) is 0 Å². The van der Waals surface area contributed by atoms with Gasteiger partial charge in [0.15, 0.2) is 11.5 Å². The van der Waals surface area contributed by atoms with Gasteiger partial charge in [-0.2, -0.15) is 0 Å². The summed E-state index contributed by atoms with van der Waals surface area (Å²) in [5.41, 5.74) is 1.12. The van der Waals surface area contributed by atoms with Crippen LogP contribution in [-0.4, -0.2) is 69.3 Å². The van der Waals surface area contributed by atoms with Crippen molar-refractivity contribution in [2.45, 2.75) is 0 Å². The Morgan fingerprint density at radius 3 is 2.38 bits per heavy atom. The number of rotatable bonds is 1. The highest BCUT2D eigenvalue weighted by molar-refractivity contribution is 5.74. The molecule has 0 N–H and O–H groups in total. The van der Waals surface area contributed by atoms with Crippen LogP contribution >= 0.6 is 0 Å². The summed E-state index contributed by atoms with van der Waals surface area (Å²) in [7, 11) is 3.57. The first-order chi connectivity index (χ1) is 10.1. The molecule has 3 rings (SSSR count). The molecule has 2 amide bonds. The average Bonchev–Trinajstić information content (AvgIpc) is 2.54. The SMILES string of the molecule is CN(C)C(=O)N1CCN(c2ccc3c(c2)OCCO3)CC1. The molecule has 1 saturated heterocycles. The van der Waals surface area contributed by atoms with Gasteiger partial charge < -0.3 is 24.2 Å². The maximum Gasteiger partial charge on any atom is 0.319 e. The Labute approximate surface area is 124 Å². The van der Waals surface area contributed by atoms with Gasteiger partial charge in [-0.05, 0) is 12.1 Å². The zero-order valence-corrected chi connectivity index (χ0v) is 12.5. The van der Waals surface area contributed by atoms with Crippen molar-refractivity contribution in [2.24, 2.45) is 0 Å². The fourth-order valence-corrected chi connectivity index (χ4v) is 2.67. The number of ether oxygens (including phenoxy) is 2. The van der Waals surface area contributed by atoms with E-state index in [2.05, 4.69) is 11.0 Å². The summed E-state index contributed by atoms with van der Waals surface area (Å²) in [5, 5.41) is 0. The molecule has 1 fully saturated rings. The third kappa shape index (κ3) is 2.84. The topological polar surface area (TPSA) is 45.3 Å². The highest BCUT2D eigenvalue weighted by atomic mass is 16.6. The van der Waals surface area contributed by atoms with Crippen LogP contribution in [-0.2, 0) is 0 Å². The molecular weight excluding hydrogens is 270 g/mol. The Balaban J connectivity index is 1.65. The Kier molecular flexibility index (Phi) is 3.77. The largest absolute Gasteiger partial charge is 0.486 e. The molecule has 114 valence electrons. The van der Waals surface area contributed by atoms with Crippen LogP contribution < -0.4 is 14.4 Å². The van der Waals surface area contributed by atoms with Gasteiger partial charge in [0.2, 0.25) is 0 Å². The smallest absolute Gasteiger partial charge is 0.319 e. The summed E-state index contributed by atoms with van der Waals surface area (Å²) in [6.45, 7) is 4.36. The van der Waals surface area contributed by atoms with Crippen LogP contribution in [0.4, 0.5) is 10.5 Å². The van der Waals surface area contributed by atoms with Gasteiger partial charge in [-0.1, -0.05) is 0 Å². The molecule has 0 aliphatic carbocycles. The van der Waals surface area contributed by atoms with E-state index >= 15 is 0 Å². The Morgan fingerprint density at radius 1 is 1.05 bits per heavy atom. The van der Waals surface area contributed by atoms with E-state index in [9.17, 15) is 4.79 Å². The summed E-state index contributed by atoms with van der Waals surface area (Å²) >= 11 is 0. The number of benzene rings is 1. The van der Waals surface area contributed by atoms with Crippen molar-refractivity contribution in [3.05, 3.63) is 18.2 Å². The summed E-state index contributed by atoms with van der Waals surface area (Å²) in [5.74, 6) is 1.62. The predicted octanol–water partition coefficient (Wildman–Crippen LogP) is 1.26. The number of piperazine rings is 1. The number of carbonyl (C=O) groups excluding carboxylic acids is 1. The van der Waals surface area contributed by atoms with Crippen LogP contribution in [0.1, 0.15) is 0 Å². The lowest BCUT2D eigenvalue weighted by Gasteiger charge is -2.37. The second-order valence-electron chi connectivity index (χ2n) is 5.48. The fourth-order valence-electron chi connectivity index (χ4n) is 2.67. The second kappa shape index (κ2) is 5.71. The molecule has 1 aromatic rings. The number of urea groups is 1. The molecule has 0 aromatic heterocycles. The molecule has 0 bridgehead atoms. The first-order valence-corrected chi connectivity index (χ1v) is 7.26. The van der Waals surface area contributed by atoms with E-state index in [0.29, 0.717) is 13.2 Å². The van der Waals surface area contributed by atoms with Crippen molar-refractivity contribution in [3.63, 3.8) is 0 Å². The predicted molar refractivity (Wildman–Crippen MR) is 80.3 cm³/mol. The lowest BCUT2D eigenvalue weighted by Crippen LogP contribution is -2.51. The monoisotopic (exact) mass is 291 g/mol. The van der Waals surface area contributed by atoms with Crippen LogP contribution in [0.25, 0.3) is 0 Å². The third-order valence-electron chi connectivity index (χ3n) is 3.82. The van der Waals surface area contributed by atoms with Crippen molar-refractivity contribution in [2.75, 3.05) is 58.4 Å². The van der Waals surface area contributed by atoms with E-state index in [-0.39, 0.29) is 6.03 Å². The van der Waals surface area contributed by atoms with Gasteiger partial charge in [-0.25, -0.2) is 4.79 Å². The molecule has 0 unspecified atom stereocenters. The van der Waals surface area contributed by atoms with Crippen LogP contribution in [0.5, 0.6) is 11.5 Å². The van der Waals surface area contributed by atoms with Gasteiger partial charge in [0, 0.05) is 52.0 Å². The molecule has 2 heterocycles. The molecule has 1 aromatic carbocycles. The number of nitrogens with zero attached hydrogens (tertiary/aromatic N) is 3. The zero-order valence-electron chi connectivity index (χ0n) is 12.5. The average molecular weight is 291 g/mol. The summed E-state index contributed by atoms with van der Waals surface area (Å²) < 4.78 is 11.2. The van der Waals surface area contributed by atoms with E-state index in [4.69, 9.17) is 9.47 Å². The Morgan fingerprint density at radius 2 is 1.71 bits per heavy atom.